The topological polar surface area (TPSA) is 3.24 Å². The fourth-order valence-corrected chi connectivity index (χ4v) is 0.701. The second-order valence-corrected chi connectivity index (χ2v) is 2.08. The Morgan fingerprint density at radius 1 is 1.15 bits per heavy atom. The van der Waals surface area contributed by atoms with Crippen LogP contribution in [0.15, 0.2) is 12.3 Å². The SMILES string of the molecule is FC(F)(F)N1C=CCC1.FC(F)F. The lowest BCUT2D eigenvalue weighted by Gasteiger charge is -2.17. The molecule has 0 fully saturated rings. The lowest BCUT2D eigenvalue weighted by atomic mass is 10.5. The van der Waals surface area contributed by atoms with Crippen molar-refractivity contribution in [3.8, 4) is 0 Å². The normalized spacial score (nSPS) is 16.1. The Morgan fingerprint density at radius 2 is 1.62 bits per heavy atom. The van der Waals surface area contributed by atoms with Crippen LogP contribution in [0.3, 0.4) is 0 Å². The zero-order chi connectivity index (χ0) is 10.5. The first-order valence-corrected chi connectivity index (χ1v) is 3.26. The van der Waals surface area contributed by atoms with Gasteiger partial charge in [-0.05, 0) is 6.42 Å². The second-order valence-electron chi connectivity index (χ2n) is 2.08. The molecule has 7 heteroatoms. The van der Waals surface area contributed by atoms with E-state index in [2.05, 4.69) is 0 Å². The minimum absolute atomic E-state index is 0.0729. The van der Waals surface area contributed by atoms with Gasteiger partial charge >= 0.3 is 13.0 Å². The van der Waals surface area contributed by atoms with Gasteiger partial charge in [0.1, 0.15) is 0 Å². The lowest BCUT2D eigenvalue weighted by Crippen LogP contribution is -2.31. The molecule has 0 amide bonds. The highest BCUT2D eigenvalue weighted by molar-refractivity contribution is 4.91. The summed E-state index contributed by atoms with van der Waals surface area (Å²) in [6.07, 6.45) is -1.10. The summed E-state index contributed by atoms with van der Waals surface area (Å²) in [6, 6.07) is 0. The molecule has 1 aliphatic rings. The van der Waals surface area contributed by atoms with Gasteiger partial charge in [0.15, 0.2) is 0 Å². The van der Waals surface area contributed by atoms with Crippen LogP contribution in [-0.4, -0.2) is 24.4 Å². The zero-order valence-corrected chi connectivity index (χ0v) is 6.36. The number of hydrogen-bond donors (Lipinski definition) is 0. The van der Waals surface area contributed by atoms with Crippen molar-refractivity contribution in [2.24, 2.45) is 0 Å². The van der Waals surface area contributed by atoms with E-state index in [1.54, 1.807) is 0 Å². The van der Waals surface area contributed by atoms with Gasteiger partial charge in [0.25, 0.3) is 0 Å². The first kappa shape index (κ1) is 12.1. The Kier molecular flexibility index (Phi) is 4.64. The maximum absolute atomic E-state index is 11.6. The van der Waals surface area contributed by atoms with Crippen molar-refractivity contribution in [1.82, 2.24) is 4.90 Å². The van der Waals surface area contributed by atoms with E-state index in [4.69, 9.17) is 0 Å². The number of nitrogens with zero attached hydrogens (tertiary/aromatic N) is 1. The first-order chi connectivity index (χ1) is 5.84. The molecule has 0 spiro atoms. The van der Waals surface area contributed by atoms with Crippen LogP contribution in [-0.2, 0) is 0 Å². The highest BCUT2D eigenvalue weighted by Gasteiger charge is 2.35. The predicted octanol–water partition coefficient (Wildman–Crippen LogP) is 2.90. The molecule has 1 nitrogen and oxygen atoms in total. The summed E-state index contributed by atoms with van der Waals surface area (Å²) in [5, 5.41) is 0. The molecule has 0 aromatic rings. The molecule has 0 aromatic carbocycles. The van der Waals surface area contributed by atoms with Gasteiger partial charge in [-0.3, -0.25) is 4.90 Å². The Bertz CT molecular complexity index is 160. The Hall–Kier alpha value is -0.880. The van der Waals surface area contributed by atoms with Crippen molar-refractivity contribution in [1.29, 1.82) is 0 Å². The summed E-state index contributed by atoms with van der Waals surface area (Å²) in [7, 11) is 0. The quantitative estimate of drug-likeness (QED) is 0.436. The monoisotopic (exact) mass is 207 g/mol. The molecular weight excluding hydrogens is 200 g/mol. The molecule has 0 aliphatic carbocycles. The molecule has 1 rings (SSSR count). The van der Waals surface area contributed by atoms with Crippen LogP contribution in [0.1, 0.15) is 6.42 Å². The first-order valence-electron chi connectivity index (χ1n) is 3.26. The van der Waals surface area contributed by atoms with Crippen LogP contribution < -0.4 is 0 Å². The third-order valence-electron chi connectivity index (χ3n) is 1.15. The van der Waals surface area contributed by atoms with E-state index >= 15 is 0 Å². The molecule has 0 atom stereocenters. The van der Waals surface area contributed by atoms with Crippen molar-refractivity contribution in [3.63, 3.8) is 0 Å². The fraction of sp³-hybridized carbons (Fsp3) is 0.667. The molecule has 78 valence electrons. The van der Waals surface area contributed by atoms with Crippen LogP contribution in [0.2, 0.25) is 0 Å². The minimum Gasteiger partial charge on any atom is -0.291 e. The zero-order valence-electron chi connectivity index (χ0n) is 6.36. The van der Waals surface area contributed by atoms with Gasteiger partial charge in [-0.2, -0.15) is 26.3 Å². The number of halogens is 6. The molecule has 0 aromatic heterocycles. The van der Waals surface area contributed by atoms with E-state index in [-0.39, 0.29) is 6.54 Å². The highest BCUT2D eigenvalue weighted by atomic mass is 19.4. The van der Waals surface area contributed by atoms with Crippen LogP contribution in [0, 0.1) is 0 Å². The molecule has 0 unspecified atom stereocenters. The Balaban J connectivity index is 0.000000310. The number of hydrogen-bond acceptors (Lipinski definition) is 1. The molecule has 0 bridgehead atoms. The van der Waals surface area contributed by atoms with E-state index in [1.807, 2.05) is 0 Å². The maximum Gasteiger partial charge on any atom is 0.484 e. The van der Waals surface area contributed by atoms with Crippen molar-refractivity contribution in [2.75, 3.05) is 6.54 Å². The average Bonchev–Trinajstić information content (AvgIpc) is 2.31. The van der Waals surface area contributed by atoms with Crippen LogP contribution in [0.4, 0.5) is 26.3 Å². The molecule has 1 aliphatic heterocycles. The predicted molar refractivity (Wildman–Crippen MR) is 33.6 cm³/mol. The van der Waals surface area contributed by atoms with E-state index in [0.717, 1.165) is 6.20 Å². The van der Waals surface area contributed by atoms with Crippen molar-refractivity contribution < 1.29 is 26.3 Å². The summed E-state index contributed by atoms with van der Waals surface area (Å²) in [6.45, 7) is -3.59. The summed E-state index contributed by atoms with van der Waals surface area (Å²) < 4.78 is 63.9. The summed E-state index contributed by atoms with van der Waals surface area (Å²) in [5.41, 5.74) is 0. The smallest absolute Gasteiger partial charge is 0.291 e. The minimum atomic E-state index is -4.17. The Morgan fingerprint density at radius 3 is 1.77 bits per heavy atom. The third-order valence-corrected chi connectivity index (χ3v) is 1.15. The second kappa shape index (κ2) is 4.98. The van der Waals surface area contributed by atoms with Crippen molar-refractivity contribution in [2.45, 2.75) is 19.4 Å². The van der Waals surface area contributed by atoms with Crippen molar-refractivity contribution in [3.05, 3.63) is 12.3 Å². The van der Waals surface area contributed by atoms with Gasteiger partial charge in [0, 0.05) is 12.7 Å². The largest absolute Gasteiger partial charge is 0.484 e. The van der Waals surface area contributed by atoms with Crippen LogP contribution >= 0.6 is 0 Å². The summed E-state index contributed by atoms with van der Waals surface area (Å²) in [5.74, 6) is 0. The van der Waals surface area contributed by atoms with E-state index in [0.29, 0.717) is 11.3 Å². The van der Waals surface area contributed by atoms with E-state index in [1.165, 1.54) is 6.08 Å². The van der Waals surface area contributed by atoms with Crippen LogP contribution in [0.5, 0.6) is 0 Å². The van der Waals surface area contributed by atoms with Gasteiger partial charge in [-0.25, -0.2) is 0 Å². The summed E-state index contributed by atoms with van der Waals surface area (Å²) >= 11 is 0. The molecular formula is C6H7F6N. The van der Waals surface area contributed by atoms with Gasteiger partial charge in [0.2, 0.25) is 0 Å². The molecule has 0 radical (unpaired) electrons. The van der Waals surface area contributed by atoms with Crippen molar-refractivity contribution >= 4 is 0 Å². The summed E-state index contributed by atoms with van der Waals surface area (Å²) in [4.78, 5) is 0.368. The molecule has 1 heterocycles. The molecule has 0 N–H and O–H groups in total. The van der Waals surface area contributed by atoms with Gasteiger partial charge in [-0.1, -0.05) is 6.08 Å². The molecule has 13 heavy (non-hydrogen) atoms. The van der Waals surface area contributed by atoms with Gasteiger partial charge in [0.05, 0.1) is 0 Å². The Labute approximate surface area is 70.6 Å². The average molecular weight is 207 g/mol. The maximum atomic E-state index is 11.6. The van der Waals surface area contributed by atoms with E-state index < -0.39 is 13.0 Å². The van der Waals surface area contributed by atoms with Gasteiger partial charge < -0.3 is 0 Å². The highest BCUT2D eigenvalue weighted by Crippen LogP contribution is 2.24. The van der Waals surface area contributed by atoms with Crippen LogP contribution in [0.25, 0.3) is 0 Å². The molecule has 0 saturated heterocycles. The molecule has 0 saturated carbocycles. The lowest BCUT2D eigenvalue weighted by molar-refractivity contribution is -0.224. The number of rotatable bonds is 0. The third kappa shape index (κ3) is 6.30. The standard InChI is InChI=1S/C5H6F3N.CHF3/c6-5(7,8)9-3-1-2-4-9;2-1(3)4/h1,3H,2,4H2;1H. The number of alkyl halides is 6. The fourth-order valence-electron chi connectivity index (χ4n) is 0.701. The van der Waals surface area contributed by atoms with Gasteiger partial charge in [-0.15, -0.1) is 0 Å². The van der Waals surface area contributed by atoms with E-state index in [9.17, 15) is 26.3 Å².